The quantitative estimate of drug-likeness (QED) is 0.842. The first-order valence-corrected chi connectivity index (χ1v) is 7.75. The fourth-order valence-electron chi connectivity index (χ4n) is 1.94. The van der Waals surface area contributed by atoms with Gasteiger partial charge in [0.1, 0.15) is 0 Å². The van der Waals surface area contributed by atoms with Gasteiger partial charge in [-0.25, -0.2) is 0 Å². The first-order chi connectivity index (χ1) is 8.67. The molecule has 0 aliphatic rings. The van der Waals surface area contributed by atoms with Crippen LogP contribution < -0.4 is 0 Å². The highest BCUT2D eigenvalue weighted by molar-refractivity contribution is 9.10. The van der Waals surface area contributed by atoms with E-state index in [1.165, 1.54) is 10.4 Å². The standard InChI is InChI=1S/C14H14BrClOS/c15-12-3-1-2-10(7-12)6-11(9-17)8-13-4-5-14(16)18-13/h1-5,7,11,17H,6,8-9H2. The van der Waals surface area contributed by atoms with Crippen molar-refractivity contribution in [1.82, 2.24) is 0 Å². The maximum atomic E-state index is 9.48. The van der Waals surface area contributed by atoms with Crippen molar-refractivity contribution in [3.63, 3.8) is 0 Å². The van der Waals surface area contributed by atoms with Gasteiger partial charge in [0.05, 0.1) is 4.34 Å². The minimum atomic E-state index is 0.196. The van der Waals surface area contributed by atoms with Crippen molar-refractivity contribution in [3.05, 3.63) is 55.6 Å². The van der Waals surface area contributed by atoms with Gasteiger partial charge in [0.2, 0.25) is 0 Å². The SMILES string of the molecule is OCC(Cc1cccc(Br)c1)Cc1ccc(Cl)s1. The lowest BCUT2D eigenvalue weighted by Gasteiger charge is -2.13. The Hall–Kier alpha value is -0.350. The number of thiophene rings is 1. The zero-order valence-corrected chi connectivity index (χ0v) is 12.9. The summed E-state index contributed by atoms with van der Waals surface area (Å²) in [7, 11) is 0. The van der Waals surface area contributed by atoms with Gasteiger partial charge in [0.25, 0.3) is 0 Å². The average molecular weight is 346 g/mol. The fourth-order valence-corrected chi connectivity index (χ4v) is 3.59. The van der Waals surface area contributed by atoms with Crippen LogP contribution in [0.25, 0.3) is 0 Å². The number of hydrogen-bond donors (Lipinski definition) is 1. The number of aliphatic hydroxyl groups excluding tert-OH is 1. The van der Waals surface area contributed by atoms with Crippen LogP contribution in [0.5, 0.6) is 0 Å². The summed E-state index contributed by atoms with van der Waals surface area (Å²) < 4.78 is 1.89. The van der Waals surface area contributed by atoms with Crippen molar-refractivity contribution in [2.45, 2.75) is 12.8 Å². The van der Waals surface area contributed by atoms with E-state index in [9.17, 15) is 5.11 Å². The van der Waals surface area contributed by atoms with Gasteiger partial charge < -0.3 is 5.11 Å². The number of benzene rings is 1. The Labute approximate surface area is 125 Å². The Kier molecular flexibility index (Phi) is 5.25. The molecule has 2 rings (SSSR count). The summed E-state index contributed by atoms with van der Waals surface area (Å²) in [6.07, 6.45) is 1.76. The molecule has 1 atom stereocenters. The van der Waals surface area contributed by atoms with E-state index >= 15 is 0 Å². The topological polar surface area (TPSA) is 20.2 Å². The minimum absolute atomic E-state index is 0.196. The van der Waals surface area contributed by atoms with Gasteiger partial charge in [0.15, 0.2) is 0 Å². The molecule has 1 heterocycles. The third-order valence-corrected chi connectivity index (χ3v) is 4.54. The van der Waals surface area contributed by atoms with Gasteiger partial charge in [-0.05, 0) is 48.6 Å². The van der Waals surface area contributed by atoms with E-state index in [4.69, 9.17) is 11.6 Å². The Morgan fingerprint density at radius 1 is 1.22 bits per heavy atom. The van der Waals surface area contributed by atoms with E-state index in [2.05, 4.69) is 28.1 Å². The molecule has 1 nitrogen and oxygen atoms in total. The van der Waals surface area contributed by atoms with E-state index in [1.54, 1.807) is 11.3 Å². The molecule has 0 aliphatic carbocycles. The summed E-state index contributed by atoms with van der Waals surface area (Å²) >= 11 is 11.0. The first kappa shape index (κ1) is 14.1. The fraction of sp³-hybridized carbons (Fsp3) is 0.286. The molecule has 0 saturated heterocycles. The van der Waals surface area contributed by atoms with Gasteiger partial charge >= 0.3 is 0 Å². The van der Waals surface area contributed by atoms with E-state index in [0.717, 1.165) is 21.7 Å². The largest absolute Gasteiger partial charge is 0.396 e. The van der Waals surface area contributed by atoms with Crippen LogP contribution in [0.1, 0.15) is 10.4 Å². The molecule has 1 N–H and O–H groups in total. The van der Waals surface area contributed by atoms with Crippen molar-refractivity contribution in [2.24, 2.45) is 5.92 Å². The Morgan fingerprint density at radius 3 is 2.67 bits per heavy atom. The predicted molar refractivity (Wildman–Crippen MR) is 81.5 cm³/mol. The summed E-state index contributed by atoms with van der Waals surface area (Å²) in [6, 6.07) is 12.2. The van der Waals surface area contributed by atoms with Gasteiger partial charge in [-0.1, -0.05) is 39.7 Å². The molecular formula is C14H14BrClOS. The summed E-state index contributed by atoms with van der Waals surface area (Å²) in [4.78, 5) is 1.23. The van der Waals surface area contributed by atoms with Crippen LogP contribution in [0.3, 0.4) is 0 Å². The lowest BCUT2D eigenvalue weighted by atomic mass is 9.96. The number of aliphatic hydroxyl groups is 1. The second-order valence-electron chi connectivity index (χ2n) is 4.29. The van der Waals surface area contributed by atoms with Crippen molar-refractivity contribution >= 4 is 38.9 Å². The molecule has 0 spiro atoms. The molecule has 0 saturated carbocycles. The van der Waals surface area contributed by atoms with Crippen LogP contribution in [0, 0.1) is 5.92 Å². The van der Waals surface area contributed by atoms with Crippen LogP contribution in [0.2, 0.25) is 4.34 Å². The molecule has 2 aromatic rings. The normalized spacial score (nSPS) is 12.6. The van der Waals surface area contributed by atoms with E-state index in [0.29, 0.717) is 0 Å². The smallest absolute Gasteiger partial charge is 0.0931 e. The van der Waals surface area contributed by atoms with Crippen LogP contribution in [-0.2, 0) is 12.8 Å². The van der Waals surface area contributed by atoms with Crippen LogP contribution >= 0.6 is 38.9 Å². The molecule has 0 bridgehead atoms. The molecule has 0 aliphatic heterocycles. The predicted octanol–water partition coefficient (Wildman–Crippen LogP) is 4.56. The van der Waals surface area contributed by atoms with Gasteiger partial charge in [-0.15, -0.1) is 11.3 Å². The Bertz CT molecular complexity index is 512. The molecule has 96 valence electrons. The third kappa shape index (κ3) is 4.09. The Morgan fingerprint density at radius 2 is 2.06 bits per heavy atom. The van der Waals surface area contributed by atoms with Gasteiger partial charge in [0, 0.05) is 16.0 Å². The zero-order valence-electron chi connectivity index (χ0n) is 9.77. The highest BCUT2D eigenvalue weighted by Crippen LogP contribution is 2.25. The summed E-state index contributed by atoms with van der Waals surface area (Å²) in [5.74, 6) is 0.244. The van der Waals surface area contributed by atoms with E-state index in [-0.39, 0.29) is 12.5 Å². The van der Waals surface area contributed by atoms with Crippen molar-refractivity contribution < 1.29 is 5.11 Å². The molecule has 0 fully saturated rings. The molecule has 0 radical (unpaired) electrons. The van der Waals surface area contributed by atoms with Crippen LogP contribution in [0.4, 0.5) is 0 Å². The second-order valence-corrected chi connectivity index (χ2v) is 7.01. The number of hydrogen-bond acceptors (Lipinski definition) is 2. The average Bonchev–Trinajstić information content (AvgIpc) is 2.74. The molecular weight excluding hydrogens is 332 g/mol. The monoisotopic (exact) mass is 344 g/mol. The van der Waals surface area contributed by atoms with Gasteiger partial charge in [-0.2, -0.15) is 0 Å². The second kappa shape index (κ2) is 6.71. The number of rotatable bonds is 5. The summed E-state index contributed by atoms with van der Waals surface area (Å²) in [5, 5.41) is 9.48. The maximum Gasteiger partial charge on any atom is 0.0931 e. The molecule has 1 aromatic carbocycles. The highest BCUT2D eigenvalue weighted by atomic mass is 79.9. The maximum absolute atomic E-state index is 9.48. The lowest BCUT2D eigenvalue weighted by molar-refractivity contribution is 0.225. The first-order valence-electron chi connectivity index (χ1n) is 5.77. The van der Waals surface area contributed by atoms with Gasteiger partial charge in [-0.3, -0.25) is 0 Å². The summed E-state index contributed by atoms with van der Waals surface area (Å²) in [6.45, 7) is 0.196. The molecule has 1 unspecified atom stereocenters. The lowest BCUT2D eigenvalue weighted by Crippen LogP contribution is -2.12. The van der Waals surface area contributed by atoms with Crippen LogP contribution in [0.15, 0.2) is 40.9 Å². The minimum Gasteiger partial charge on any atom is -0.396 e. The van der Waals surface area contributed by atoms with Crippen molar-refractivity contribution in [2.75, 3.05) is 6.61 Å². The van der Waals surface area contributed by atoms with Crippen molar-refractivity contribution in [1.29, 1.82) is 0 Å². The highest BCUT2D eigenvalue weighted by Gasteiger charge is 2.11. The Balaban J connectivity index is 2.01. The zero-order chi connectivity index (χ0) is 13.0. The molecule has 18 heavy (non-hydrogen) atoms. The molecule has 4 heteroatoms. The van der Waals surface area contributed by atoms with E-state index in [1.807, 2.05) is 24.3 Å². The molecule has 1 aromatic heterocycles. The molecule has 0 amide bonds. The summed E-state index contributed by atoms with van der Waals surface area (Å²) in [5.41, 5.74) is 1.24. The van der Waals surface area contributed by atoms with Crippen molar-refractivity contribution in [3.8, 4) is 0 Å². The van der Waals surface area contributed by atoms with E-state index < -0.39 is 0 Å². The number of halogens is 2. The van der Waals surface area contributed by atoms with Crippen LogP contribution in [-0.4, -0.2) is 11.7 Å². The third-order valence-electron chi connectivity index (χ3n) is 2.79.